The molecule has 0 saturated carbocycles. The molecule has 2 N–H and O–H groups in total. The number of halogens is 3. The molecule has 0 heterocycles. The van der Waals surface area contributed by atoms with Crippen LogP contribution >= 0.6 is 0 Å². The Labute approximate surface area is 109 Å². The normalized spacial score (nSPS) is 14.9. The Kier molecular flexibility index (Phi) is 6.05. The minimum Gasteiger partial charge on any atom is -0.480 e. The van der Waals surface area contributed by atoms with E-state index in [0.29, 0.717) is 0 Å². The Balaban J connectivity index is 4.98. The van der Waals surface area contributed by atoms with Gasteiger partial charge in [-0.15, -0.1) is 0 Å². The van der Waals surface area contributed by atoms with Crippen molar-refractivity contribution in [2.45, 2.75) is 46.3 Å². The van der Waals surface area contributed by atoms with Gasteiger partial charge in [0.05, 0.1) is 0 Å². The quantitative estimate of drug-likeness (QED) is 0.761. The molecule has 7 heteroatoms. The van der Waals surface area contributed by atoms with Crippen LogP contribution in [0.25, 0.3) is 0 Å². The number of allylic oxidation sites excluding steroid dienone is 1. The van der Waals surface area contributed by atoms with E-state index in [1.807, 2.05) is 0 Å². The maximum absolute atomic E-state index is 12.4. The molecule has 0 aliphatic rings. The first-order chi connectivity index (χ1) is 8.46. The van der Waals surface area contributed by atoms with Gasteiger partial charge in [-0.05, 0) is 26.2 Å². The molecule has 0 aromatic rings. The van der Waals surface area contributed by atoms with E-state index in [1.165, 1.54) is 0 Å². The first-order valence-electron chi connectivity index (χ1n) is 5.75. The number of hydrogen-bond acceptors (Lipinski definition) is 2. The molecule has 0 saturated heterocycles. The highest BCUT2D eigenvalue weighted by Gasteiger charge is 2.34. The average molecular weight is 281 g/mol. The van der Waals surface area contributed by atoms with E-state index in [9.17, 15) is 22.8 Å². The van der Waals surface area contributed by atoms with E-state index in [1.54, 1.807) is 13.8 Å². The topological polar surface area (TPSA) is 66.4 Å². The average Bonchev–Trinajstić information content (AvgIpc) is 2.23. The van der Waals surface area contributed by atoms with Gasteiger partial charge in [0.25, 0.3) is 0 Å². The van der Waals surface area contributed by atoms with E-state index < -0.39 is 35.2 Å². The maximum atomic E-state index is 12.4. The highest BCUT2D eigenvalue weighted by atomic mass is 19.4. The Bertz CT molecular complexity index is 386. The summed E-state index contributed by atoms with van der Waals surface area (Å²) in [7, 11) is 0. The lowest BCUT2D eigenvalue weighted by Crippen LogP contribution is -2.42. The number of nitrogens with one attached hydrogen (secondary N) is 1. The van der Waals surface area contributed by atoms with Crippen molar-refractivity contribution in [3.8, 4) is 0 Å². The number of carbonyl (C=O) groups is 2. The number of carboxylic acid groups (broad SMARTS) is 1. The Hall–Kier alpha value is -1.53. The van der Waals surface area contributed by atoms with Gasteiger partial charge in [0, 0.05) is 11.1 Å². The van der Waals surface area contributed by atoms with Crippen molar-refractivity contribution in [3.05, 3.63) is 11.1 Å². The number of alkyl halides is 3. The summed E-state index contributed by atoms with van der Waals surface area (Å²) in [5.41, 5.74) is -1.55. The smallest absolute Gasteiger partial charge is 0.412 e. The maximum Gasteiger partial charge on any atom is 0.412 e. The zero-order valence-electron chi connectivity index (χ0n) is 11.3. The Morgan fingerprint density at radius 3 is 2.00 bits per heavy atom. The minimum atomic E-state index is -4.60. The summed E-state index contributed by atoms with van der Waals surface area (Å²) in [5, 5.41) is 11.0. The van der Waals surface area contributed by atoms with Crippen LogP contribution in [-0.4, -0.2) is 29.2 Å². The summed E-state index contributed by atoms with van der Waals surface area (Å²) < 4.78 is 37.2. The predicted octanol–water partition coefficient (Wildman–Crippen LogP) is 2.50. The number of hydrogen-bond donors (Lipinski definition) is 2. The van der Waals surface area contributed by atoms with Crippen LogP contribution in [-0.2, 0) is 9.59 Å². The van der Waals surface area contributed by atoms with Gasteiger partial charge in [0.2, 0.25) is 5.91 Å². The van der Waals surface area contributed by atoms with E-state index in [0.717, 1.165) is 13.8 Å². The number of amides is 1. The number of carboxylic acids is 1. The monoisotopic (exact) mass is 281 g/mol. The van der Waals surface area contributed by atoms with Gasteiger partial charge >= 0.3 is 12.1 Å². The second-order valence-electron chi connectivity index (χ2n) is 4.74. The second kappa shape index (κ2) is 6.58. The third kappa shape index (κ3) is 5.76. The van der Waals surface area contributed by atoms with Crippen molar-refractivity contribution in [1.29, 1.82) is 0 Å². The third-order valence-corrected chi connectivity index (χ3v) is 2.64. The van der Waals surface area contributed by atoms with Crippen molar-refractivity contribution < 1.29 is 27.9 Å². The number of rotatable bonds is 5. The molecule has 0 aliphatic carbocycles. The summed E-state index contributed by atoms with van der Waals surface area (Å²) in [4.78, 5) is 22.5. The zero-order valence-corrected chi connectivity index (χ0v) is 11.3. The molecule has 0 fully saturated rings. The first-order valence-corrected chi connectivity index (χ1v) is 5.75. The summed E-state index contributed by atoms with van der Waals surface area (Å²) >= 11 is 0. The van der Waals surface area contributed by atoms with Crippen molar-refractivity contribution in [1.82, 2.24) is 5.32 Å². The molecule has 19 heavy (non-hydrogen) atoms. The Morgan fingerprint density at radius 2 is 1.68 bits per heavy atom. The zero-order chi connectivity index (χ0) is 15.4. The van der Waals surface area contributed by atoms with E-state index in [-0.39, 0.29) is 12.3 Å². The fourth-order valence-electron chi connectivity index (χ4n) is 1.34. The van der Waals surface area contributed by atoms with Gasteiger partial charge < -0.3 is 10.4 Å². The fourth-order valence-corrected chi connectivity index (χ4v) is 1.34. The highest BCUT2D eigenvalue weighted by molar-refractivity contribution is 5.96. The van der Waals surface area contributed by atoms with Crippen molar-refractivity contribution in [2.75, 3.05) is 0 Å². The highest BCUT2D eigenvalue weighted by Crippen LogP contribution is 2.27. The first kappa shape index (κ1) is 17.5. The van der Waals surface area contributed by atoms with Gasteiger partial charge in [-0.2, -0.15) is 13.2 Å². The van der Waals surface area contributed by atoms with Crippen LogP contribution in [0, 0.1) is 5.92 Å². The molecule has 0 spiro atoms. The lowest BCUT2D eigenvalue weighted by Gasteiger charge is -2.18. The van der Waals surface area contributed by atoms with Gasteiger partial charge in [-0.1, -0.05) is 13.8 Å². The molecule has 0 aliphatic heterocycles. The molecule has 0 rings (SSSR count). The molecule has 0 aromatic heterocycles. The SMILES string of the molecule is C/C(C(=O)NC(CC(C)C)C(=O)O)=C(/C)C(F)(F)F. The van der Waals surface area contributed by atoms with Crippen LogP contribution in [0.4, 0.5) is 13.2 Å². The summed E-state index contributed by atoms with van der Waals surface area (Å²) in [6, 6.07) is -1.19. The molecule has 0 bridgehead atoms. The standard InChI is InChI=1S/C12H18F3NO3/c1-6(2)5-9(11(18)19)16-10(17)7(3)8(4)12(13,14)15/h6,9H,5H2,1-4H3,(H,16,17)(H,18,19)/b8-7+. The molecule has 4 nitrogen and oxygen atoms in total. The molecule has 0 radical (unpaired) electrons. The van der Waals surface area contributed by atoms with Crippen molar-refractivity contribution in [2.24, 2.45) is 5.92 Å². The van der Waals surface area contributed by atoms with Crippen molar-refractivity contribution >= 4 is 11.9 Å². The molecular weight excluding hydrogens is 263 g/mol. The lowest BCUT2D eigenvalue weighted by molar-refractivity contribution is -0.141. The van der Waals surface area contributed by atoms with Crippen LogP contribution in [0.1, 0.15) is 34.1 Å². The summed E-state index contributed by atoms with van der Waals surface area (Å²) in [6.45, 7) is 5.32. The number of aliphatic carboxylic acids is 1. The predicted molar refractivity (Wildman–Crippen MR) is 63.5 cm³/mol. The number of carbonyl (C=O) groups excluding carboxylic acids is 1. The molecule has 110 valence electrons. The lowest BCUT2D eigenvalue weighted by atomic mass is 10.0. The van der Waals surface area contributed by atoms with Gasteiger partial charge in [-0.3, -0.25) is 4.79 Å². The van der Waals surface area contributed by atoms with Crippen LogP contribution in [0.2, 0.25) is 0 Å². The van der Waals surface area contributed by atoms with Gasteiger partial charge in [-0.25, -0.2) is 4.79 Å². The minimum absolute atomic E-state index is 0.00519. The summed E-state index contributed by atoms with van der Waals surface area (Å²) in [6.07, 6.45) is -4.45. The largest absolute Gasteiger partial charge is 0.480 e. The van der Waals surface area contributed by atoms with Crippen molar-refractivity contribution in [3.63, 3.8) is 0 Å². The second-order valence-corrected chi connectivity index (χ2v) is 4.74. The van der Waals surface area contributed by atoms with E-state index in [2.05, 4.69) is 5.32 Å². The van der Waals surface area contributed by atoms with Crippen LogP contribution in [0.5, 0.6) is 0 Å². The summed E-state index contributed by atoms with van der Waals surface area (Å²) in [5.74, 6) is -2.28. The van der Waals surface area contributed by atoms with Gasteiger partial charge in [0.15, 0.2) is 0 Å². The van der Waals surface area contributed by atoms with Crippen LogP contribution < -0.4 is 5.32 Å². The van der Waals surface area contributed by atoms with E-state index >= 15 is 0 Å². The molecule has 1 amide bonds. The molecule has 1 atom stereocenters. The molecular formula is C12H18F3NO3. The Morgan fingerprint density at radius 1 is 1.21 bits per heavy atom. The third-order valence-electron chi connectivity index (χ3n) is 2.64. The van der Waals surface area contributed by atoms with Crippen LogP contribution in [0.15, 0.2) is 11.1 Å². The molecule has 1 unspecified atom stereocenters. The van der Waals surface area contributed by atoms with E-state index in [4.69, 9.17) is 5.11 Å². The molecule has 0 aromatic carbocycles. The fraction of sp³-hybridized carbons (Fsp3) is 0.667. The van der Waals surface area contributed by atoms with Gasteiger partial charge in [0.1, 0.15) is 6.04 Å². The van der Waals surface area contributed by atoms with Crippen LogP contribution in [0.3, 0.4) is 0 Å².